The highest BCUT2D eigenvalue weighted by molar-refractivity contribution is 5.96. The number of hydrogen-bond acceptors (Lipinski definition) is 2. The lowest BCUT2D eigenvalue weighted by atomic mass is 10.2. The first-order chi connectivity index (χ1) is 14.1. The third-order valence-electron chi connectivity index (χ3n) is 5.79. The fourth-order valence-electron chi connectivity index (χ4n) is 4.18. The van der Waals surface area contributed by atoms with E-state index in [0.717, 1.165) is 44.8 Å². The van der Waals surface area contributed by atoms with E-state index in [4.69, 9.17) is 0 Å². The van der Waals surface area contributed by atoms with Crippen LogP contribution >= 0.6 is 0 Å². The molecule has 0 spiro atoms. The third kappa shape index (κ3) is 4.81. The largest absolute Gasteiger partial charge is 0.321 e. The van der Waals surface area contributed by atoms with Crippen molar-refractivity contribution in [3.8, 4) is 0 Å². The Morgan fingerprint density at radius 3 is 2.31 bits per heavy atom. The average Bonchev–Trinajstić information content (AvgIpc) is 3.15. The highest BCUT2D eigenvalue weighted by atomic mass is 19.1. The molecule has 0 aliphatic carbocycles. The molecule has 4 rings (SSSR count). The zero-order valence-corrected chi connectivity index (χ0v) is 16.4. The van der Waals surface area contributed by atoms with Gasteiger partial charge in [0.1, 0.15) is 32.0 Å². The Morgan fingerprint density at radius 2 is 1.59 bits per heavy atom. The molecular weight excluding hydrogens is 371 g/mol. The van der Waals surface area contributed by atoms with Gasteiger partial charge >= 0.3 is 0 Å². The fourth-order valence-corrected chi connectivity index (χ4v) is 4.18. The Hall–Kier alpha value is -2.77. The first-order valence-electron chi connectivity index (χ1n) is 10.2. The molecule has 0 atom stereocenters. The molecule has 7 heteroatoms. The van der Waals surface area contributed by atoms with E-state index in [-0.39, 0.29) is 17.6 Å². The van der Waals surface area contributed by atoms with Crippen LogP contribution in [-0.4, -0.2) is 57.6 Å². The normalized spacial score (nSPS) is 20.9. The van der Waals surface area contributed by atoms with Crippen molar-refractivity contribution in [2.45, 2.75) is 6.42 Å². The molecule has 0 saturated carbocycles. The minimum atomic E-state index is -0.320. The Kier molecular flexibility index (Phi) is 5.87. The number of piperazine rings is 1. The topological polar surface area (TPSA) is 58.3 Å². The molecule has 0 unspecified atom stereocenters. The molecule has 6 nitrogen and oxygen atoms in total. The van der Waals surface area contributed by atoms with Crippen molar-refractivity contribution in [2.24, 2.45) is 0 Å². The van der Waals surface area contributed by atoms with E-state index in [0.29, 0.717) is 18.8 Å². The first kappa shape index (κ1) is 19.5. The minimum absolute atomic E-state index is 0.0696. The number of hydrogen-bond donors (Lipinski definition) is 3. The van der Waals surface area contributed by atoms with Gasteiger partial charge in [-0.05, 0) is 42.3 Å². The number of nitrogens with zero attached hydrogens (tertiary/aromatic N) is 1. The molecule has 29 heavy (non-hydrogen) atoms. The Labute approximate surface area is 169 Å². The van der Waals surface area contributed by atoms with Crippen molar-refractivity contribution in [3.05, 3.63) is 59.9 Å². The van der Waals surface area contributed by atoms with Gasteiger partial charge in [0, 0.05) is 17.9 Å². The maximum atomic E-state index is 12.9. The van der Waals surface area contributed by atoms with Crippen molar-refractivity contribution in [1.29, 1.82) is 0 Å². The van der Waals surface area contributed by atoms with Crippen molar-refractivity contribution in [3.63, 3.8) is 0 Å². The van der Waals surface area contributed by atoms with E-state index in [1.807, 2.05) is 23.1 Å². The molecule has 2 aromatic carbocycles. The van der Waals surface area contributed by atoms with Crippen LogP contribution in [0.3, 0.4) is 0 Å². The Morgan fingerprint density at radius 1 is 0.931 bits per heavy atom. The van der Waals surface area contributed by atoms with Gasteiger partial charge in [-0.2, -0.15) is 0 Å². The summed E-state index contributed by atoms with van der Waals surface area (Å²) in [5, 5.41) is 2.81. The molecule has 0 aromatic heterocycles. The summed E-state index contributed by atoms with van der Waals surface area (Å²) < 4.78 is 12.9. The van der Waals surface area contributed by atoms with Crippen LogP contribution in [0.5, 0.6) is 0 Å². The second-order valence-electron chi connectivity index (χ2n) is 7.83. The lowest BCUT2D eigenvalue weighted by molar-refractivity contribution is -1.00. The van der Waals surface area contributed by atoms with Gasteiger partial charge in [-0.1, -0.05) is 18.2 Å². The second kappa shape index (κ2) is 8.71. The highest BCUT2D eigenvalue weighted by Gasteiger charge is 2.30. The summed E-state index contributed by atoms with van der Waals surface area (Å²) in [4.78, 5) is 29.4. The number of quaternary nitrogens is 2. The summed E-state index contributed by atoms with van der Waals surface area (Å²) in [5.41, 5.74) is 2.91. The summed E-state index contributed by atoms with van der Waals surface area (Å²) in [6.07, 6.45) is 0.929. The van der Waals surface area contributed by atoms with Gasteiger partial charge in [0.25, 0.3) is 11.8 Å². The molecule has 3 N–H and O–H groups in total. The predicted molar refractivity (Wildman–Crippen MR) is 109 cm³/mol. The van der Waals surface area contributed by atoms with Gasteiger partial charge < -0.3 is 20.0 Å². The summed E-state index contributed by atoms with van der Waals surface area (Å²) in [7, 11) is 0. The van der Waals surface area contributed by atoms with Gasteiger partial charge in [0.2, 0.25) is 0 Å². The molecule has 1 saturated heterocycles. The Bertz CT molecular complexity index is 879. The monoisotopic (exact) mass is 398 g/mol. The number of nitrogens with one attached hydrogen (secondary N) is 3. The smallest absolute Gasteiger partial charge is 0.282 e. The fraction of sp³-hybridized carbons (Fsp3) is 0.364. The number of fused-ring (bicyclic) bond motifs is 1. The van der Waals surface area contributed by atoms with Gasteiger partial charge in [-0.3, -0.25) is 9.59 Å². The number of amides is 2. The number of para-hydroxylation sites is 1. The molecule has 152 valence electrons. The predicted octanol–water partition coefficient (Wildman–Crippen LogP) is -0.863. The zero-order valence-electron chi connectivity index (χ0n) is 16.4. The van der Waals surface area contributed by atoms with Crippen LogP contribution in [0.4, 0.5) is 15.8 Å². The van der Waals surface area contributed by atoms with Gasteiger partial charge in [0.05, 0.1) is 0 Å². The van der Waals surface area contributed by atoms with Crippen molar-refractivity contribution in [2.75, 3.05) is 56.0 Å². The second-order valence-corrected chi connectivity index (χ2v) is 7.83. The number of benzene rings is 2. The molecule has 0 bridgehead atoms. The van der Waals surface area contributed by atoms with Crippen molar-refractivity contribution >= 4 is 23.2 Å². The summed E-state index contributed by atoms with van der Waals surface area (Å²) in [5.74, 6) is -0.207. The van der Waals surface area contributed by atoms with Crippen LogP contribution in [-0.2, 0) is 16.0 Å². The van der Waals surface area contributed by atoms with Gasteiger partial charge in [0.15, 0.2) is 13.1 Å². The summed E-state index contributed by atoms with van der Waals surface area (Å²) in [6.45, 7) is 5.13. The van der Waals surface area contributed by atoms with E-state index in [1.54, 1.807) is 12.1 Å². The van der Waals surface area contributed by atoms with E-state index in [1.165, 1.54) is 27.5 Å². The molecular formula is C22H27FN4O2+2. The van der Waals surface area contributed by atoms with Gasteiger partial charge in [-0.15, -0.1) is 0 Å². The molecule has 0 radical (unpaired) electrons. The summed E-state index contributed by atoms with van der Waals surface area (Å²) >= 11 is 0. The number of anilines is 2. The summed E-state index contributed by atoms with van der Waals surface area (Å²) in [6, 6.07) is 13.9. The van der Waals surface area contributed by atoms with Crippen molar-refractivity contribution in [1.82, 2.24) is 0 Å². The highest BCUT2D eigenvalue weighted by Crippen LogP contribution is 2.26. The standard InChI is InChI=1S/C22H25FN4O2/c23-18-5-7-19(8-6-18)24-21(28)15-25-11-13-26(14-12-25)16-22(29)27-10-9-17-3-1-2-4-20(17)27/h1-8H,9-16H2,(H,24,28)/p+2. The maximum Gasteiger partial charge on any atom is 0.282 e. The van der Waals surface area contributed by atoms with Crippen molar-refractivity contribution < 1.29 is 23.8 Å². The first-order valence-corrected chi connectivity index (χ1v) is 10.2. The van der Waals surface area contributed by atoms with E-state index in [9.17, 15) is 14.0 Å². The molecule has 2 aromatic rings. The zero-order chi connectivity index (χ0) is 20.2. The molecule has 2 heterocycles. The quantitative estimate of drug-likeness (QED) is 0.614. The SMILES string of the molecule is O=C(C[NH+]1CC[NH+](CC(=O)N2CCc3ccccc32)CC1)Nc1ccc(F)cc1. The van der Waals surface area contributed by atoms with E-state index in [2.05, 4.69) is 11.4 Å². The molecule has 1 fully saturated rings. The maximum absolute atomic E-state index is 12.9. The lowest BCUT2D eigenvalue weighted by Crippen LogP contribution is -3.28. The number of carbonyl (C=O) groups is 2. The Balaban J connectivity index is 1.22. The number of carbonyl (C=O) groups excluding carboxylic acids is 2. The molecule has 2 amide bonds. The number of rotatable bonds is 5. The van der Waals surface area contributed by atoms with Crippen LogP contribution < -0.4 is 20.0 Å². The lowest BCUT2D eigenvalue weighted by Gasteiger charge is -2.30. The molecule has 2 aliphatic heterocycles. The van der Waals surface area contributed by atoms with E-state index >= 15 is 0 Å². The van der Waals surface area contributed by atoms with Crippen LogP contribution in [0, 0.1) is 5.82 Å². The van der Waals surface area contributed by atoms with Crippen LogP contribution in [0.15, 0.2) is 48.5 Å². The van der Waals surface area contributed by atoms with Gasteiger partial charge in [-0.25, -0.2) is 4.39 Å². The third-order valence-corrected chi connectivity index (χ3v) is 5.79. The molecule has 2 aliphatic rings. The number of halogens is 1. The van der Waals surface area contributed by atoms with Crippen LogP contribution in [0.1, 0.15) is 5.56 Å². The average molecular weight is 398 g/mol. The van der Waals surface area contributed by atoms with Crippen LogP contribution in [0.25, 0.3) is 0 Å². The van der Waals surface area contributed by atoms with Crippen LogP contribution in [0.2, 0.25) is 0 Å². The van der Waals surface area contributed by atoms with E-state index < -0.39 is 0 Å². The minimum Gasteiger partial charge on any atom is -0.321 e.